The molecular formula is C16H27N3O2S. The van der Waals surface area contributed by atoms with Crippen LogP contribution in [0.2, 0.25) is 0 Å². The van der Waals surface area contributed by atoms with Crippen LogP contribution < -0.4 is 10.0 Å². The fourth-order valence-electron chi connectivity index (χ4n) is 3.33. The van der Waals surface area contributed by atoms with E-state index in [4.69, 9.17) is 5.14 Å². The van der Waals surface area contributed by atoms with Gasteiger partial charge in [0.2, 0.25) is 0 Å². The second-order valence-electron chi connectivity index (χ2n) is 7.22. The molecule has 124 valence electrons. The molecule has 0 amide bonds. The number of anilines is 1. The average Bonchev–Trinajstić information content (AvgIpc) is 2.77. The van der Waals surface area contributed by atoms with Gasteiger partial charge in [-0.05, 0) is 55.6 Å². The van der Waals surface area contributed by atoms with Gasteiger partial charge in [-0.2, -0.15) is 0 Å². The van der Waals surface area contributed by atoms with Crippen LogP contribution in [0.25, 0.3) is 0 Å². The van der Waals surface area contributed by atoms with Crippen LogP contribution in [-0.2, 0) is 10.0 Å². The van der Waals surface area contributed by atoms with Crippen molar-refractivity contribution in [1.29, 1.82) is 0 Å². The highest BCUT2D eigenvalue weighted by Gasteiger charge is 2.30. The standard InChI is InChI=1S/C16H27N3O2S/c1-16(2)10-9-13(12-16)6-5-11-19(3)14-7-4-8-15(18-14)22(17,20)21/h4,7-8,13H,5-6,9-12H2,1-3H3,(H2,17,20,21). The monoisotopic (exact) mass is 325 g/mol. The number of nitrogens with zero attached hydrogens (tertiary/aromatic N) is 2. The predicted molar refractivity (Wildman–Crippen MR) is 89.2 cm³/mol. The van der Waals surface area contributed by atoms with Gasteiger partial charge in [0, 0.05) is 13.6 Å². The number of pyridine rings is 1. The van der Waals surface area contributed by atoms with Crippen molar-refractivity contribution in [1.82, 2.24) is 4.98 Å². The molecule has 2 rings (SSSR count). The molecule has 1 aliphatic carbocycles. The summed E-state index contributed by atoms with van der Waals surface area (Å²) in [7, 11) is -1.80. The second-order valence-corrected chi connectivity index (χ2v) is 8.72. The van der Waals surface area contributed by atoms with Crippen LogP contribution in [0.1, 0.15) is 46.0 Å². The zero-order valence-corrected chi connectivity index (χ0v) is 14.6. The van der Waals surface area contributed by atoms with Crippen LogP contribution in [0.3, 0.4) is 0 Å². The minimum absolute atomic E-state index is 0.0746. The molecule has 0 bridgehead atoms. The van der Waals surface area contributed by atoms with Crippen molar-refractivity contribution < 1.29 is 8.42 Å². The van der Waals surface area contributed by atoms with Gasteiger partial charge in [0.15, 0.2) is 5.03 Å². The van der Waals surface area contributed by atoms with Gasteiger partial charge < -0.3 is 4.90 Å². The van der Waals surface area contributed by atoms with Crippen molar-refractivity contribution in [3.63, 3.8) is 0 Å². The summed E-state index contributed by atoms with van der Waals surface area (Å²) in [5.41, 5.74) is 0.502. The number of nitrogens with two attached hydrogens (primary N) is 1. The Morgan fingerprint density at radius 2 is 2.14 bits per heavy atom. The van der Waals surface area contributed by atoms with Crippen molar-refractivity contribution >= 4 is 15.8 Å². The van der Waals surface area contributed by atoms with Crippen molar-refractivity contribution in [2.24, 2.45) is 16.5 Å². The average molecular weight is 325 g/mol. The maximum Gasteiger partial charge on any atom is 0.255 e. The molecule has 1 heterocycles. The zero-order chi connectivity index (χ0) is 16.4. The van der Waals surface area contributed by atoms with Gasteiger partial charge in [0.05, 0.1) is 0 Å². The summed E-state index contributed by atoms with van der Waals surface area (Å²) in [5, 5.41) is 5.05. The second kappa shape index (κ2) is 6.54. The molecule has 0 saturated heterocycles. The third-order valence-electron chi connectivity index (χ3n) is 4.57. The summed E-state index contributed by atoms with van der Waals surface area (Å²) < 4.78 is 22.7. The molecule has 1 aliphatic rings. The Hall–Kier alpha value is -1.14. The molecule has 0 spiro atoms. The van der Waals surface area contributed by atoms with Gasteiger partial charge in [-0.3, -0.25) is 0 Å². The largest absolute Gasteiger partial charge is 0.360 e. The van der Waals surface area contributed by atoms with E-state index >= 15 is 0 Å². The number of aromatic nitrogens is 1. The lowest BCUT2D eigenvalue weighted by molar-refractivity contribution is 0.352. The predicted octanol–water partition coefficient (Wildman–Crippen LogP) is 2.77. The molecular weight excluding hydrogens is 298 g/mol. The molecule has 0 aromatic carbocycles. The molecule has 5 nitrogen and oxygen atoms in total. The molecule has 0 aliphatic heterocycles. The lowest BCUT2D eigenvalue weighted by Crippen LogP contribution is -2.22. The van der Waals surface area contributed by atoms with E-state index in [0.29, 0.717) is 11.2 Å². The zero-order valence-electron chi connectivity index (χ0n) is 13.7. The van der Waals surface area contributed by atoms with Gasteiger partial charge in [-0.1, -0.05) is 19.9 Å². The Kier molecular flexibility index (Phi) is 5.12. The lowest BCUT2D eigenvalue weighted by Gasteiger charge is -2.20. The van der Waals surface area contributed by atoms with Gasteiger partial charge in [-0.25, -0.2) is 18.5 Å². The summed E-state index contributed by atoms with van der Waals surface area (Å²) in [6.45, 7) is 5.57. The molecule has 6 heteroatoms. The first-order valence-electron chi connectivity index (χ1n) is 7.88. The van der Waals surface area contributed by atoms with Crippen LogP contribution in [0.5, 0.6) is 0 Å². The normalized spacial score (nSPS) is 21.0. The molecule has 1 unspecified atom stereocenters. The molecule has 1 aromatic heterocycles. The summed E-state index contributed by atoms with van der Waals surface area (Å²) in [4.78, 5) is 6.13. The lowest BCUT2D eigenvalue weighted by atomic mass is 9.89. The minimum Gasteiger partial charge on any atom is -0.360 e. The van der Waals surface area contributed by atoms with Crippen LogP contribution in [-0.4, -0.2) is 27.0 Å². The summed E-state index contributed by atoms with van der Waals surface area (Å²) in [6, 6.07) is 4.92. The molecule has 1 saturated carbocycles. The minimum atomic E-state index is -3.74. The maximum absolute atomic E-state index is 11.4. The van der Waals surface area contributed by atoms with E-state index in [0.717, 1.165) is 18.9 Å². The van der Waals surface area contributed by atoms with E-state index in [1.807, 2.05) is 18.0 Å². The van der Waals surface area contributed by atoms with Gasteiger partial charge in [-0.15, -0.1) is 0 Å². The van der Waals surface area contributed by atoms with Gasteiger partial charge in [0.25, 0.3) is 10.0 Å². The smallest absolute Gasteiger partial charge is 0.255 e. The van der Waals surface area contributed by atoms with E-state index in [-0.39, 0.29) is 5.03 Å². The van der Waals surface area contributed by atoms with Crippen LogP contribution in [0, 0.1) is 11.3 Å². The molecule has 1 atom stereocenters. The SMILES string of the molecule is CN(CCCC1CCC(C)(C)C1)c1cccc(S(N)(=O)=O)n1. The first kappa shape index (κ1) is 17.2. The number of primary sulfonamides is 1. The highest BCUT2D eigenvalue weighted by atomic mass is 32.2. The Morgan fingerprint density at radius 3 is 2.73 bits per heavy atom. The third kappa shape index (κ3) is 4.68. The van der Waals surface area contributed by atoms with E-state index in [9.17, 15) is 8.42 Å². The molecule has 22 heavy (non-hydrogen) atoms. The van der Waals surface area contributed by atoms with Crippen LogP contribution >= 0.6 is 0 Å². The van der Waals surface area contributed by atoms with E-state index < -0.39 is 10.0 Å². The van der Waals surface area contributed by atoms with Crippen LogP contribution in [0.15, 0.2) is 23.2 Å². The summed E-state index contributed by atoms with van der Waals surface area (Å²) >= 11 is 0. The maximum atomic E-state index is 11.4. The van der Waals surface area contributed by atoms with E-state index in [1.165, 1.54) is 31.7 Å². The third-order valence-corrected chi connectivity index (χ3v) is 5.38. The Morgan fingerprint density at radius 1 is 1.41 bits per heavy atom. The van der Waals surface area contributed by atoms with Crippen molar-refractivity contribution in [2.45, 2.75) is 51.0 Å². The molecule has 1 aromatic rings. The summed E-state index contributed by atoms with van der Waals surface area (Å²) in [6.07, 6.45) is 6.29. The molecule has 1 fully saturated rings. The van der Waals surface area contributed by atoms with Gasteiger partial charge >= 0.3 is 0 Å². The summed E-state index contributed by atoms with van der Waals surface area (Å²) in [5.74, 6) is 1.48. The highest BCUT2D eigenvalue weighted by Crippen LogP contribution is 2.42. The Bertz CT molecular complexity index is 614. The molecule has 0 radical (unpaired) electrons. The fraction of sp³-hybridized carbons (Fsp3) is 0.688. The van der Waals surface area contributed by atoms with Crippen molar-refractivity contribution in [3.05, 3.63) is 18.2 Å². The Balaban J connectivity index is 1.86. The van der Waals surface area contributed by atoms with Crippen LogP contribution in [0.4, 0.5) is 5.82 Å². The quantitative estimate of drug-likeness (QED) is 0.872. The molecule has 2 N–H and O–H groups in total. The number of hydrogen-bond donors (Lipinski definition) is 1. The first-order valence-corrected chi connectivity index (χ1v) is 9.43. The topological polar surface area (TPSA) is 76.3 Å². The Labute approximate surface area is 134 Å². The fourth-order valence-corrected chi connectivity index (χ4v) is 3.82. The van der Waals surface area contributed by atoms with Crippen molar-refractivity contribution in [2.75, 3.05) is 18.5 Å². The van der Waals surface area contributed by atoms with Gasteiger partial charge in [0.1, 0.15) is 5.82 Å². The first-order chi connectivity index (χ1) is 10.2. The highest BCUT2D eigenvalue weighted by molar-refractivity contribution is 7.89. The van der Waals surface area contributed by atoms with E-state index in [2.05, 4.69) is 18.8 Å². The van der Waals surface area contributed by atoms with Crippen molar-refractivity contribution in [3.8, 4) is 0 Å². The number of hydrogen-bond acceptors (Lipinski definition) is 4. The number of sulfonamides is 1. The van der Waals surface area contributed by atoms with E-state index in [1.54, 1.807) is 6.07 Å². The number of rotatable bonds is 6.